The predicted molar refractivity (Wildman–Crippen MR) is 128 cm³/mol. The highest BCUT2D eigenvalue weighted by Crippen LogP contribution is 2.44. The van der Waals surface area contributed by atoms with Crippen molar-refractivity contribution in [3.63, 3.8) is 0 Å². The van der Waals surface area contributed by atoms with Crippen molar-refractivity contribution in [2.45, 2.75) is 67.7 Å². The molecule has 2 aromatic heterocycles. The second-order valence-electron chi connectivity index (χ2n) is 9.09. The highest BCUT2D eigenvalue weighted by molar-refractivity contribution is 7.99. The lowest BCUT2D eigenvalue weighted by atomic mass is 10.1. The van der Waals surface area contributed by atoms with Crippen LogP contribution < -0.4 is 5.32 Å². The fraction of sp³-hybridized carbons (Fsp3) is 0.565. The number of fused-ring (bicyclic) bond motifs is 1. The standard InChI is InChI=1S/C23H28F2N6O4S/c1-2-7-36-23-27-21(26-15-9-12(15)11-3-4-13(24)14(25)8-11)18-22(28-23)31(30-29-18)16-10-17(35-6-5-32)20(34)19(16)33/h3-4,8,12,15-17,19-20,32-34H,2,5-7,9-10H2,1H3,(H,26,27,28)/t12-,15-,16-,17-,19+,20-/m1/s1. The molecular formula is C23H28F2N6O4S. The van der Waals surface area contributed by atoms with Crippen LogP contribution >= 0.6 is 11.8 Å². The van der Waals surface area contributed by atoms with E-state index >= 15 is 0 Å². The van der Waals surface area contributed by atoms with Gasteiger partial charge in [-0.2, -0.15) is 0 Å². The number of thioether (sulfide) groups is 1. The van der Waals surface area contributed by atoms with Gasteiger partial charge in [-0.3, -0.25) is 0 Å². The Kier molecular flexibility index (Phi) is 7.35. The van der Waals surface area contributed by atoms with Crippen LogP contribution in [0, 0.1) is 11.6 Å². The molecule has 0 spiro atoms. The van der Waals surface area contributed by atoms with E-state index in [1.54, 1.807) is 6.07 Å². The summed E-state index contributed by atoms with van der Waals surface area (Å²) in [6.45, 7) is 1.91. The summed E-state index contributed by atoms with van der Waals surface area (Å²) >= 11 is 1.48. The molecule has 2 heterocycles. The SMILES string of the molecule is CCCSc1nc(N[C@@H]2C[C@@H]2c2ccc(F)c(F)c2)c2nnn([C@@H]3C[C@@H](OCCO)[C@@H](O)[C@H]3O)c2n1. The average Bonchev–Trinajstić information content (AvgIpc) is 3.41. The molecule has 0 radical (unpaired) electrons. The van der Waals surface area contributed by atoms with Gasteiger partial charge < -0.3 is 25.4 Å². The number of aliphatic hydroxyl groups excluding tert-OH is 3. The molecule has 2 saturated carbocycles. The Morgan fingerprint density at radius 1 is 1.17 bits per heavy atom. The van der Waals surface area contributed by atoms with Gasteiger partial charge >= 0.3 is 0 Å². The number of aliphatic hydroxyl groups is 3. The van der Waals surface area contributed by atoms with E-state index in [1.165, 1.54) is 22.5 Å². The molecule has 1 aromatic carbocycles. The van der Waals surface area contributed by atoms with Crippen molar-refractivity contribution >= 4 is 28.7 Å². The monoisotopic (exact) mass is 522 g/mol. The Balaban J connectivity index is 1.43. The van der Waals surface area contributed by atoms with Crippen LogP contribution in [0.15, 0.2) is 23.4 Å². The lowest BCUT2D eigenvalue weighted by molar-refractivity contribution is -0.0629. The summed E-state index contributed by atoms with van der Waals surface area (Å²) in [5, 5.41) is 42.5. The molecule has 0 saturated heterocycles. The van der Waals surface area contributed by atoms with Gasteiger partial charge in [-0.1, -0.05) is 30.0 Å². The Hall–Kier alpha value is -2.45. The number of rotatable bonds is 10. The molecule has 4 N–H and O–H groups in total. The minimum Gasteiger partial charge on any atom is -0.394 e. The summed E-state index contributed by atoms with van der Waals surface area (Å²) in [4.78, 5) is 9.27. The smallest absolute Gasteiger partial charge is 0.191 e. The van der Waals surface area contributed by atoms with Gasteiger partial charge in [-0.25, -0.2) is 23.4 Å². The molecule has 194 valence electrons. The first-order valence-corrected chi connectivity index (χ1v) is 13.0. The molecule has 6 atom stereocenters. The average molecular weight is 523 g/mol. The van der Waals surface area contributed by atoms with Crippen LogP contribution in [0.5, 0.6) is 0 Å². The molecule has 2 fully saturated rings. The summed E-state index contributed by atoms with van der Waals surface area (Å²) < 4.78 is 34.0. The van der Waals surface area contributed by atoms with E-state index in [0.29, 0.717) is 27.7 Å². The normalized spacial score (nSPS) is 27.6. The summed E-state index contributed by atoms with van der Waals surface area (Å²) in [5.74, 6) is -0.472. The minimum atomic E-state index is -1.15. The number of ether oxygens (including phenoxy) is 1. The number of nitrogens with one attached hydrogen (secondary N) is 1. The quantitative estimate of drug-likeness (QED) is 0.231. The third-order valence-electron chi connectivity index (χ3n) is 6.56. The van der Waals surface area contributed by atoms with Crippen LogP contribution in [-0.2, 0) is 4.74 Å². The van der Waals surface area contributed by atoms with E-state index < -0.39 is 36.0 Å². The van der Waals surface area contributed by atoms with E-state index in [0.717, 1.165) is 24.7 Å². The second kappa shape index (κ2) is 10.5. The van der Waals surface area contributed by atoms with Crippen LogP contribution in [-0.4, -0.2) is 83.6 Å². The maximum absolute atomic E-state index is 13.7. The van der Waals surface area contributed by atoms with E-state index in [-0.39, 0.29) is 31.6 Å². The number of aromatic nitrogens is 5. The lowest BCUT2D eigenvalue weighted by Crippen LogP contribution is -2.33. The number of anilines is 1. The molecule has 36 heavy (non-hydrogen) atoms. The third kappa shape index (κ3) is 4.90. The fourth-order valence-electron chi connectivity index (χ4n) is 4.61. The maximum atomic E-state index is 13.7. The minimum absolute atomic E-state index is 0.00291. The van der Waals surface area contributed by atoms with Crippen molar-refractivity contribution < 1.29 is 28.8 Å². The van der Waals surface area contributed by atoms with Crippen LogP contribution in [0.25, 0.3) is 11.2 Å². The van der Waals surface area contributed by atoms with Gasteiger partial charge in [0.2, 0.25) is 0 Å². The van der Waals surface area contributed by atoms with Crippen molar-refractivity contribution in [2.24, 2.45) is 0 Å². The molecule has 2 aliphatic carbocycles. The number of hydrogen-bond donors (Lipinski definition) is 4. The summed E-state index contributed by atoms with van der Waals surface area (Å²) in [6, 6.07) is 3.26. The first-order chi connectivity index (χ1) is 17.4. The van der Waals surface area contributed by atoms with E-state index in [1.807, 2.05) is 0 Å². The molecule has 13 heteroatoms. The van der Waals surface area contributed by atoms with Crippen molar-refractivity contribution in [1.29, 1.82) is 0 Å². The molecule has 0 amide bonds. The molecule has 0 bridgehead atoms. The first kappa shape index (κ1) is 25.2. The Morgan fingerprint density at radius 3 is 2.75 bits per heavy atom. The zero-order valence-electron chi connectivity index (χ0n) is 19.6. The first-order valence-electron chi connectivity index (χ1n) is 12.0. The third-order valence-corrected chi connectivity index (χ3v) is 7.61. The molecule has 3 aromatic rings. The van der Waals surface area contributed by atoms with Crippen LogP contribution in [0.3, 0.4) is 0 Å². The van der Waals surface area contributed by atoms with Gasteiger partial charge in [0, 0.05) is 24.1 Å². The number of hydrogen-bond acceptors (Lipinski definition) is 10. The number of halogens is 2. The molecule has 10 nitrogen and oxygen atoms in total. The van der Waals surface area contributed by atoms with Gasteiger partial charge in [0.1, 0.15) is 12.2 Å². The number of nitrogens with zero attached hydrogens (tertiary/aromatic N) is 5. The molecule has 5 rings (SSSR count). The Bertz CT molecular complexity index is 1230. The number of benzene rings is 1. The zero-order chi connectivity index (χ0) is 25.4. The largest absolute Gasteiger partial charge is 0.394 e. The fourth-order valence-corrected chi connectivity index (χ4v) is 5.31. The molecular weight excluding hydrogens is 494 g/mol. The summed E-state index contributed by atoms with van der Waals surface area (Å²) in [5.41, 5.74) is 1.53. The highest BCUT2D eigenvalue weighted by atomic mass is 32.2. The van der Waals surface area contributed by atoms with E-state index in [2.05, 4.69) is 32.5 Å². The van der Waals surface area contributed by atoms with Crippen LogP contribution in [0.1, 0.15) is 43.7 Å². The highest BCUT2D eigenvalue weighted by Gasteiger charge is 2.45. The van der Waals surface area contributed by atoms with Crippen molar-refractivity contribution in [1.82, 2.24) is 25.0 Å². The van der Waals surface area contributed by atoms with Gasteiger partial charge in [0.05, 0.1) is 25.4 Å². The maximum Gasteiger partial charge on any atom is 0.191 e. The molecule has 0 unspecified atom stereocenters. The van der Waals surface area contributed by atoms with Gasteiger partial charge in [-0.05, 0) is 30.5 Å². The predicted octanol–water partition coefficient (Wildman–Crippen LogP) is 2.01. The second-order valence-corrected chi connectivity index (χ2v) is 10.2. The van der Waals surface area contributed by atoms with E-state index in [9.17, 15) is 19.0 Å². The summed E-state index contributed by atoms with van der Waals surface area (Å²) in [7, 11) is 0. The van der Waals surface area contributed by atoms with Crippen LogP contribution in [0.2, 0.25) is 0 Å². The topological polar surface area (TPSA) is 138 Å². The molecule has 2 aliphatic rings. The van der Waals surface area contributed by atoms with Crippen molar-refractivity contribution in [2.75, 3.05) is 24.3 Å². The van der Waals surface area contributed by atoms with Gasteiger partial charge in [0.25, 0.3) is 0 Å². The van der Waals surface area contributed by atoms with Crippen molar-refractivity contribution in [3.05, 3.63) is 35.4 Å². The Labute approximate surface area is 210 Å². The van der Waals surface area contributed by atoms with Crippen molar-refractivity contribution in [3.8, 4) is 0 Å². The zero-order valence-corrected chi connectivity index (χ0v) is 20.4. The summed E-state index contributed by atoms with van der Waals surface area (Å²) in [6.07, 6.45) is -1.04. The van der Waals surface area contributed by atoms with Crippen LogP contribution in [0.4, 0.5) is 14.6 Å². The molecule has 0 aliphatic heterocycles. The Morgan fingerprint density at radius 2 is 2.00 bits per heavy atom. The van der Waals surface area contributed by atoms with Gasteiger partial charge in [-0.15, -0.1) is 5.10 Å². The van der Waals surface area contributed by atoms with E-state index in [4.69, 9.17) is 9.84 Å². The van der Waals surface area contributed by atoms with Gasteiger partial charge in [0.15, 0.2) is 33.8 Å². The lowest BCUT2D eigenvalue weighted by Gasteiger charge is -2.17.